The number of nitrogens with two attached hydrogens (primary N) is 1. The average molecular weight is 309 g/mol. The number of nitrogens with one attached hydrogen (secondary N) is 1. The Morgan fingerprint density at radius 3 is 2.71 bits per heavy atom. The molecule has 0 fully saturated rings. The lowest BCUT2D eigenvalue weighted by Gasteiger charge is -2.09. The highest BCUT2D eigenvalue weighted by atomic mass is 32.2. The van der Waals surface area contributed by atoms with Gasteiger partial charge >= 0.3 is 0 Å². The lowest BCUT2D eigenvalue weighted by Crippen LogP contribution is -2.18. The van der Waals surface area contributed by atoms with Crippen LogP contribution in [0.1, 0.15) is 11.3 Å². The number of sulfonamides is 1. The zero-order valence-electron chi connectivity index (χ0n) is 11.3. The first-order valence-electron chi connectivity index (χ1n) is 6.39. The zero-order chi connectivity index (χ0) is 15.3. The fourth-order valence-electron chi connectivity index (χ4n) is 1.81. The van der Waals surface area contributed by atoms with Crippen LogP contribution in [0, 0.1) is 5.82 Å². The van der Waals surface area contributed by atoms with Crippen LogP contribution < -0.4 is 10.5 Å². The van der Waals surface area contributed by atoms with Crippen LogP contribution in [0.2, 0.25) is 0 Å². The highest BCUT2D eigenvalue weighted by molar-refractivity contribution is 7.92. The van der Waals surface area contributed by atoms with E-state index < -0.39 is 15.8 Å². The van der Waals surface area contributed by atoms with Crippen molar-refractivity contribution in [3.63, 3.8) is 0 Å². The first kappa shape index (κ1) is 15.4. The third kappa shape index (κ3) is 4.51. The molecule has 0 bridgehead atoms. The van der Waals surface area contributed by atoms with Gasteiger partial charge in [-0.1, -0.05) is 6.07 Å². The summed E-state index contributed by atoms with van der Waals surface area (Å²) < 4.78 is 39.7. The molecule has 5 nitrogen and oxygen atoms in total. The molecule has 0 aliphatic heterocycles. The number of nitrogens with zero attached hydrogens (tertiary/aromatic N) is 1. The fourth-order valence-corrected chi connectivity index (χ4v) is 2.88. The van der Waals surface area contributed by atoms with Gasteiger partial charge in [-0.2, -0.15) is 0 Å². The van der Waals surface area contributed by atoms with Crippen molar-refractivity contribution in [2.24, 2.45) is 5.73 Å². The molecule has 3 N–H and O–H groups in total. The highest BCUT2D eigenvalue weighted by Crippen LogP contribution is 2.16. The predicted octanol–water partition coefficient (Wildman–Crippen LogP) is 1.66. The second-order valence-corrected chi connectivity index (χ2v) is 6.34. The van der Waals surface area contributed by atoms with Crippen LogP contribution in [0.5, 0.6) is 0 Å². The molecule has 21 heavy (non-hydrogen) atoms. The maximum atomic E-state index is 13.3. The molecule has 2 aromatic rings. The van der Waals surface area contributed by atoms with Gasteiger partial charge in [0.25, 0.3) is 0 Å². The number of rotatable bonds is 6. The number of benzene rings is 1. The van der Waals surface area contributed by atoms with Crippen molar-refractivity contribution in [3.8, 4) is 0 Å². The Hall–Kier alpha value is -1.99. The largest absolute Gasteiger partial charge is 0.326 e. The predicted molar refractivity (Wildman–Crippen MR) is 79.6 cm³/mol. The smallest absolute Gasteiger partial charge is 0.233 e. The SMILES string of the molecule is NCc1cc(NS(=O)(=O)CCc2ccccn2)ccc1F. The fraction of sp³-hybridized carbons (Fsp3) is 0.214. The number of aromatic nitrogens is 1. The summed E-state index contributed by atoms with van der Waals surface area (Å²) in [5.74, 6) is -0.548. The van der Waals surface area contributed by atoms with Crippen LogP contribution in [0.3, 0.4) is 0 Å². The quantitative estimate of drug-likeness (QED) is 0.850. The van der Waals surface area contributed by atoms with Gasteiger partial charge in [0.05, 0.1) is 5.75 Å². The molecule has 0 spiro atoms. The molecule has 0 amide bonds. The van der Waals surface area contributed by atoms with Gasteiger partial charge in [0.1, 0.15) is 5.82 Å². The van der Waals surface area contributed by atoms with Crippen molar-refractivity contribution < 1.29 is 12.8 Å². The van der Waals surface area contributed by atoms with E-state index >= 15 is 0 Å². The molecule has 0 saturated carbocycles. The standard InChI is InChI=1S/C14H16FN3O2S/c15-14-5-4-13(9-11(14)10-16)18-21(19,20)8-6-12-3-1-2-7-17-12/h1-5,7,9,18H,6,8,10,16H2. The molecule has 112 valence electrons. The van der Waals surface area contributed by atoms with Gasteiger partial charge in [-0.25, -0.2) is 12.8 Å². The summed E-state index contributed by atoms with van der Waals surface area (Å²) in [5.41, 5.74) is 6.66. The second-order valence-electron chi connectivity index (χ2n) is 4.50. The summed E-state index contributed by atoms with van der Waals surface area (Å²) in [6.07, 6.45) is 1.92. The number of hydrogen-bond donors (Lipinski definition) is 2. The van der Waals surface area contributed by atoms with E-state index in [-0.39, 0.29) is 17.9 Å². The maximum absolute atomic E-state index is 13.3. The monoisotopic (exact) mass is 309 g/mol. The molecular formula is C14H16FN3O2S. The van der Waals surface area contributed by atoms with E-state index in [1.807, 2.05) is 0 Å². The summed E-state index contributed by atoms with van der Waals surface area (Å²) in [6, 6.07) is 9.29. The summed E-state index contributed by atoms with van der Waals surface area (Å²) in [5, 5.41) is 0. The molecule has 0 atom stereocenters. The van der Waals surface area contributed by atoms with Gasteiger partial charge in [-0.05, 0) is 30.3 Å². The molecular weight excluding hydrogens is 293 g/mol. The Kier molecular flexibility index (Phi) is 4.87. The van der Waals surface area contributed by atoms with E-state index in [0.29, 0.717) is 17.8 Å². The first-order valence-corrected chi connectivity index (χ1v) is 8.04. The van der Waals surface area contributed by atoms with E-state index in [9.17, 15) is 12.8 Å². The molecule has 0 unspecified atom stereocenters. The Morgan fingerprint density at radius 2 is 2.05 bits per heavy atom. The second kappa shape index (κ2) is 6.64. The molecule has 1 heterocycles. The maximum Gasteiger partial charge on any atom is 0.233 e. The molecule has 0 radical (unpaired) electrons. The van der Waals surface area contributed by atoms with E-state index in [2.05, 4.69) is 9.71 Å². The van der Waals surface area contributed by atoms with Gasteiger partial charge in [0, 0.05) is 36.1 Å². The molecule has 1 aromatic carbocycles. The zero-order valence-corrected chi connectivity index (χ0v) is 12.1. The van der Waals surface area contributed by atoms with Gasteiger partial charge in [0.15, 0.2) is 0 Å². The van der Waals surface area contributed by atoms with Crippen molar-refractivity contribution in [1.82, 2.24) is 4.98 Å². The number of anilines is 1. The molecule has 0 aliphatic rings. The number of halogens is 1. The topological polar surface area (TPSA) is 85.1 Å². The lowest BCUT2D eigenvalue weighted by molar-refractivity contribution is 0.599. The van der Waals surface area contributed by atoms with Crippen molar-refractivity contribution in [2.45, 2.75) is 13.0 Å². The average Bonchev–Trinajstić information content (AvgIpc) is 2.48. The van der Waals surface area contributed by atoms with Crippen LogP contribution in [-0.4, -0.2) is 19.2 Å². The minimum absolute atomic E-state index is 0.00926. The minimum atomic E-state index is -3.52. The van der Waals surface area contributed by atoms with Crippen LogP contribution in [0.25, 0.3) is 0 Å². The Bertz CT molecular complexity index is 705. The van der Waals surface area contributed by atoms with Crippen LogP contribution in [0.4, 0.5) is 10.1 Å². The van der Waals surface area contributed by atoms with Crippen molar-refractivity contribution in [3.05, 3.63) is 59.7 Å². The van der Waals surface area contributed by atoms with Crippen LogP contribution >= 0.6 is 0 Å². The van der Waals surface area contributed by atoms with Gasteiger partial charge in [-0.15, -0.1) is 0 Å². The summed E-state index contributed by atoms with van der Waals surface area (Å²) in [6.45, 7) is 0.00926. The van der Waals surface area contributed by atoms with Gasteiger partial charge in [0.2, 0.25) is 10.0 Å². The third-order valence-corrected chi connectivity index (χ3v) is 4.18. The summed E-state index contributed by atoms with van der Waals surface area (Å²) >= 11 is 0. The Morgan fingerprint density at radius 1 is 1.24 bits per heavy atom. The van der Waals surface area contributed by atoms with E-state index in [4.69, 9.17) is 5.73 Å². The van der Waals surface area contributed by atoms with Crippen LogP contribution in [0.15, 0.2) is 42.6 Å². The van der Waals surface area contributed by atoms with Gasteiger partial charge in [-0.3, -0.25) is 9.71 Å². The highest BCUT2D eigenvalue weighted by Gasteiger charge is 2.12. The van der Waals surface area contributed by atoms with Crippen molar-refractivity contribution in [1.29, 1.82) is 0 Å². The Balaban J connectivity index is 2.04. The molecule has 7 heteroatoms. The van der Waals surface area contributed by atoms with Crippen molar-refractivity contribution >= 4 is 15.7 Å². The number of aryl methyl sites for hydroxylation is 1. The minimum Gasteiger partial charge on any atom is -0.326 e. The van der Waals surface area contributed by atoms with Gasteiger partial charge < -0.3 is 5.73 Å². The van der Waals surface area contributed by atoms with E-state index in [0.717, 1.165) is 0 Å². The third-order valence-electron chi connectivity index (χ3n) is 2.89. The molecule has 1 aromatic heterocycles. The van der Waals surface area contributed by atoms with E-state index in [1.165, 1.54) is 18.2 Å². The van der Waals surface area contributed by atoms with Crippen molar-refractivity contribution in [2.75, 3.05) is 10.5 Å². The van der Waals surface area contributed by atoms with E-state index in [1.54, 1.807) is 24.4 Å². The number of pyridine rings is 1. The lowest BCUT2D eigenvalue weighted by atomic mass is 10.2. The molecule has 0 saturated heterocycles. The van der Waals surface area contributed by atoms with Crippen LogP contribution in [-0.2, 0) is 23.0 Å². The Labute approximate surface area is 123 Å². The molecule has 0 aliphatic carbocycles. The normalized spacial score (nSPS) is 11.3. The summed E-state index contributed by atoms with van der Waals surface area (Å²) in [4.78, 5) is 4.07. The number of hydrogen-bond acceptors (Lipinski definition) is 4. The first-order chi connectivity index (χ1) is 10.00. The summed E-state index contributed by atoms with van der Waals surface area (Å²) in [7, 11) is -3.52. The molecule has 2 rings (SSSR count).